The van der Waals surface area contributed by atoms with Gasteiger partial charge in [-0.15, -0.1) is 0 Å². The summed E-state index contributed by atoms with van der Waals surface area (Å²) in [6, 6.07) is 5.12. The van der Waals surface area contributed by atoms with E-state index in [0.717, 1.165) is 5.56 Å². The smallest absolute Gasteiger partial charge is 0.336 e. The molecule has 1 heterocycles. The van der Waals surface area contributed by atoms with Crippen LogP contribution in [0.2, 0.25) is 5.02 Å². The molecule has 128 valence electrons. The summed E-state index contributed by atoms with van der Waals surface area (Å²) in [6.07, 6.45) is -0.114. The van der Waals surface area contributed by atoms with Gasteiger partial charge >= 0.3 is 5.97 Å². The quantitative estimate of drug-likeness (QED) is 0.817. The normalized spacial score (nSPS) is 17.3. The van der Waals surface area contributed by atoms with E-state index in [9.17, 15) is 14.4 Å². The number of benzene rings is 1. The second kappa shape index (κ2) is 7.49. The molecule has 6 nitrogen and oxygen atoms in total. The third-order valence-corrected chi connectivity index (χ3v) is 3.97. The molecular formula is C17H19ClN2O4. The third kappa shape index (κ3) is 3.94. The van der Waals surface area contributed by atoms with E-state index in [1.54, 1.807) is 32.0 Å². The van der Waals surface area contributed by atoms with E-state index in [1.165, 1.54) is 0 Å². The molecule has 24 heavy (non-hydrogen) atoms. The Morgan fingerprint density at radius 3 is 2.75 bits per heavy atom. The Morgan fingerprint density at radius 2 is 2.08 bits per heavy atom. The maximum atomic E-state index is 12.7. The van der Waals surface area contributed by atoms with Crippen LogP contribution in [0.3, 0.4) is 0 Å². The molecule has 7 heteroatoms. The van der Waals surface area contributed by atoms with E-state index in [-0.39, 0.29) is 24.5 Å². The SMILES string of the molecule is CCOC(=O)C1=C(C)NC(=O)C[C@@H]1C(=O)Nc1cc(Cl)ccc1C. The Labute approximate surface area is 145 Å². The number of halogens is 1. The van der Waals surface area contributed by atoms with Gasteiger partial charge in [-0.2, -0.15) is 0 Å². The molecule has 0 radical (unpaired) electrons. The van der Waals surface area contributed by atoms with Gasteiger partial charge in [0.05, 0.1) is 18.1 Å². The topological polar surface area (TPSA) is 84.5 Å². The zero-order valence-electron chi connectivity index (χ0n) is 13.7. The number of carbonyl (C=O) groups is 3. The molecule has 2 rings (SSSR count). The lowest BCUT2D eigenvalue weighted by Gasteiger charge is -2.25. The number of nitrogens with one attached hydrogen (secondary N) is 2. The summed E-state index contributed by atoms with van der Waals surface area (Å²) in [6.45, 7) is 5.27. The van der Waals surface area contributed by atoms with Crippen molar-refractivity contribution >= 4 is 35.1 Å². The predicted molar refractivity (Wildman–Crippen MR) is 90.4 cm³/mol. The van der Waals surface area contributed by atoms with Gasteiger partial charge in [0.1, 0.15) is 0 Å². The van der Waals surface area contributed by atoms with E-state index >= 15 is 0 Å². The lowest BCUT2D eigenvalue weighted by atomic mass is 9.89. The number of hydrogen-bond acceptors (Lipinski definition) is 4. The van der Waals surface area contributed by atoms with Crippen LogP contribution in [0.4, 0.5) is 5.69 Å². The zero-order valence-corrected chi connectivity index (χ0v) is 14.5. The van der Waals surface area contributed by atoms with E-state index < -0.39 is 17.8 Å². The van der Waals surface area contributed by atoms with Crippen LogP contribution in [0.5, 0.6) is 0 Å². The molecule has 1 aromatic rings. The van der Waals surface area contributed by atoms with Gasteiger partial charge in [0, 0.05) is 22.8 Å². The first-order valence-corrected chi connectivity index (χ1v) is 7.96. The van der Waals surface area contributed by atoms with Crippen molar-refractivity contribution < 1.29 is 19.1 Å². The van der Waals surface area contributed by atoms with E-state index in [4.69, 9.17) is 16.3 Å². The van der Waals surface area contributed by atoms with Crippen LogP contribution in [0, 0.1) is 12.8 Å². The number of amides is 2. The number of carbonyl (C=O) groups excluding carboxylic acids is 3. The molecule has 2 N–H and O–H groups in total. The predicted octanol–water partition coefficient (Wildman–Crippen LogP) is 2.56. The summed E-state index contributed by atoms with van der Waals surface area (Å²) in [5, 5.41) is 5.80. The summed E-state index contributed by atoms with van der Waals surface area (Å²) < 4.78 is 5.01. The van der Waals surface area contributed by atoms with Crippen molar-refractivity contribution in [1.29, 1.82) is 0 Å². The largest absolute Gasteiger partial charge is 0.463 e. The highest BCUT2D eigenvalue weighted by Gasteiger charge is 2.36. The average Bonchev–Trinajstić information content (AvgIpc) is 2.50. The molecule has 0 saturated carbocycles. The molecule has 1 aromatic carbocycles. The second-order valence-electron chi connectivity index (χ2n) is 5.51. The van der Waals surface area contributed by atoms with Gasteiger partial charge < -0.3 is 15.4 Å². The van der Waals surface area contributed by atoms with Crippen LogP contribution in [0.1, 0.15) is 25.8 Å². The van der Waals surface area contributed by atoms with Crippen LogP contribution >= 0.6 is 11.6 Å². The minimum absolute atomic E-state index is 0.114. The third-order valence-electron chi connectivity index (χ3n) is 3.74. The Bertz CT molecular complexity index is 727. The molecule has 2 amide bonds. The number of hydrogen-bond donors (Lipinski definition) is 2. The van der Waals surface area contributed by atoms with Crippen molar-refractivity contribution in [3.05, 3.63) is 40.1 Å². The molecule has 1 aliphatic rings. The summed E-state index contributed by atoms with van der Waals surface area (Å²) in [5.74, 6) is -2.27. The van der Waals surface area contributed by atoms with Crippen LogP contribution in [0.25, 0.3) is 0 Å². The van der Waals surface area contributed by atoms with Crippen molar-refractivity contribution in [3.63, 3.8) is 0 Å². The summed E-state index contributed by atoms with van der Waals surface area (Å²) in [7, 11) is 0. The second-order valence-corrected chi connectivity index (χ2v) is 5.95. The van der Waals surface area contributed by atoms with Gasteiger partial charge in [0.25, 0.3) is 0 Å². The Hall–Kier alpha value is -2.34. The highest BCUT2D eigenvalue weighted by Crippen LogP contribution is 2.27. The number of ether oxygens (including phenoxy) is 1. The van der Waals surface area contributed by atoms with Crippen LogP contribution < -0.4 is 10.6 Å². The zero-order chi connectivity index (χ0) is 17.9. The lowest BCUT2D eigenvalue weighted by molar-refractivity contribution is -0.141. The van der Waals surface area contributed by atoms with Crippen LogP contribution in [0.15, 0.2) is 29.5 Å². The molecule has 0 fully saturated rings. The standard InChI is InChI=1S/C17H19ClN2O4/c1-4-24-17(23)15-10(3)19-14(21)8-12(15)16(22)20-13-7-11(18)6-5-9(13)2/h5-7,12H,4,8H2,1-3H3,(H,19,21)(H,20,22)/t12-/m0/s1. The van der Waals surface area contributed by atoms with Crippen molar-refractivity contribution in [1.82, 2.24) is 5.32 Å². The summed E-state index contributed by atoms with van der Waals surface area (Å²) >= 11 is 5.95. The molecular weight excluding hydrogens is 332 g/mol. The minimum atomic E-state index is -0.906. The Kier molecular flexibility index (Phi) is 5.62. The maximum absolute atomic E-state index is 12.7. The monoisotopic (exact) mass is 350 g/mol. The first-order valence-electron chi connectivity index (χ1n) is 7.58. The number of rotatable bonds is 4. The minimum Gasteiger partial charge on any atom is -0.463 e. The molecule has 1 aliphatic heterocycles. The van der Waals surface area contributed by atoms with E-state index in [0.29, 0.717) is 16.4 Å². The van der Waals surface area contributed by atoms with Gasteiger partial charge in [-0.3, -0.25) is 9.59 Å². The van der Waals surface area contributed by atoms with Crippen molar-refractivity contribution in [2.45, 2.75) is 27.2 Å². The Morgan fingerprint density at radius 1 is 1.38 bits per heavy atom. The summed E-state index contributed by atoms with van der Waals surface area (Å²) in [4.78, 5) is 36.6. The number of esters is 1. The highest BCUT2D eigenvalue weighted by atomic mass is 35.5. The van der Waals surface area contributed by atoms with Gasteiger partial charge in [0.2, 0.25) is 11.8 Å². The molecule has 0 saturated heterocycles. The van der Waals surface area contributed by atoms with E-state index in [2.05, 4.69) is 10.6 Å². The fourth-order valence-electron chi connectivity index (χ4n) is 2.55. The fraction of sp³-hybridized carbons (Fsp3) is 0.353. The average molecular weight is 351 g/mol. The molecule has 0 aromatic heterocycles. The number of allylic oxidation sites excluding steroid dienone is 1. The van der Waals surface area contributed by atoms with Gasteiger partial charge in [-0.1, -0.05) is 17.7 Å². The molecule has 0 aliphatic carbocycles. The number of anilines is 1. The fourth-order valence-corrected chi connectivity index (χ4v) is 2.73. The maximum Gasteiger partial charge on any atom is 0.336 e. The molecule has 0 unspecified atom stereocenters. The van der Waals surface area contributed by atoms with Gasteiger partial charge in [-0.25, -0.2) is 4.79 Å². The van der Waals surface area contributed by atoms with Crippen molar-refractivity contribution in [3.8, 4) is 0 Å². The molecule has 1 atom stereocenters. The number of aryl methyl sites for hydroxylation is 1. The highest BCUT2D eigenvalue weighted by molar-refractivity contribution is 6.31. The first-order chi connectivity index (χ1) is 11.3. The van der Waals surface area contributed by atoms with Gasteiger partial charge in [0.15, 0.2) is 0 Å². The lowest BCUT2D eigenvalue weighted by Crippen LogP contribution is -2.40. The van der Waals surface area contributed by atoms with Crippen LogP contribution in [-0.4, -0.2) is 24.4 Å². The van der Waals surface area contributed by atoms with E-state index in [1.807, 2.05) is 6.92 Å². The summed E-state index contributed by atoms with van der Waals surface area (Å²) in [5.41, 5.74) is 1.88. The first kappa shape index (κ1) is 18.0. The Balaban J connectivity index is 2.31. The van der Waals surface area contributed by atoms with Crippen molar-refractivity contribution in [2.24, 2.45) is 5.92 Å². The molecule has 0 bridgehead atoms. The van der Waals surface area contributed by atoms with Crippen LogP contribution in [-0.2, 0) is 19.1 Å². The van der Waals surface area contributed by atoms with Crippen molar-refractivity contribution in [2.75, 3.05) is 11.9 Å². The molecule has 0 spiro atoms. The van der Waals surface area contributed by atoms with Gasteiger partial charge in [-0.05, 0) is 38.5 Å².